The van der Waals surface area contributed by atoms with Gasteiger partial charge in [-0.3, -0.25) is 0 Å². The molecule has 2 bridgehead atoms. The van der Waals surface area contributed by atoms with Crippen molar-refractivity contribution in [1.82, 2.24) is 0 Å². The van der Waals surface area contributed by atoms with E-state index in [1.807, 2.05) is 0 Å². The summed E-state index contributed by atoms with van der Waals surface area (Å²) in [6, 6.07) is -0.535. The number of aliphatic hydroxyl groups excluding tert-OH is 1. The first kappa shape index (κ1) is 9.46. The van der Waals surface area contributed by atoms with Gasteiger partial charge < -0.3 is 19.3 Å². The van der Waals surface area contributed by atoms with E-state index in [1.54, 1.807) is 7.11 Å². The van der Waals surface area contributed by atoms with E-state index in [9.17, 15) is 5.11 Å². The molecule has 0 aliphatic carbocycles. The maximum atomic E-state index is 9.85. The number of hydrogen-bond acceptors (Lipinski definition) is 4. The lowest BCUT2D eigenvalue weighted by molar-refractivity contribution is -0.143. The van der Waals surface area contributed by atoms with Gasteiger partial charge in [-0.05, 0) is 0 Å². The molecule has 5 heteroatoms. The Hall–Kier alpha value is -0.0951. The molecule has 72 valence electrons. The summed E-state index contributed by atoms with van der Waals surface area (Å²) in [5.74, 6) is 0. The molecule has 2 fully saturated rings. The molecule has 0 aromatic carbocycles. The molecule has 13 heavy (non-hydrogen) atoms. The van der Waals surface area contributed by atoms with E-state index in [0.29, 0.717) is 19.6 Å². The fourth-order valence-corrected chi connectivity index (χ4v) is 2.08. The predicted molar refractivity (Wildman–Crippen MR) is 45.6 cm³/mol. The first-order valence-corrected chi connectivity index (χ1v) is 4.42. The molecular weight excluding hydrogens is 171 g/mol. The molecule has 2 saturated heterocycles. The average molecular weight is 184 g/mol. The van der Waals surface area contributed by atoms with Crippen molar-refractivity contribution in [2.24, 2.45) is 0 Å². The third-order valence-electron chi connectivity index (χ3n) is 2.77. The second-order valence-electron chi connectivity index (χ2n) is 3.61. The van der Waals surface area contributed by atoms with E-state index < -0.39 is 23.8 Å². The minimum Gasteiger partial charge on any atom is -0.387 e. The van der Waals surface area contributed by atoms with Crippen LogP contribution in [0, 0.1) is 0 Å². The molecule has 2 rings (SSSR count). The summed E-state index contributed by atoms with van der Waals surface area (Å²) in [7, 11) is 7.25. The van der Waals surface area contributed by atoms with Crippen molar-refractivity contribution in [2.45, 2.75) is 30.2 Å². The number of methoxy groups -OCH3 is 1. The van der Waals surface area contributed by atoms with Gasteiger partial charge >= 0.3 is 0 Å². The van der Waals surface area contributed by atoms with Crippen molar-refractivity contribution in [3.63, 3.8) is 0 Å². The molecule has 4 unspecified atom stereocenters. The molecule has 4 atom stereocenters. The van der Waals surface area contributed by atoms with Crippen LogP contribution in [0.5, 0.6) is 0 Å². The Morgan fingerprint density at radius 2 is 2.46 bits per heavy atom. The van der Waals surface area contributed by atoms with E-state index in [2.05, 4.69) is 0 Å². The maximum absolute atomic E-state index is 9.85. The van der Waals surface area contributed by atoms with Crippen molar-refractivity contribution >= 4 is 7.85 Å². The summed E-state index contributed by atoms with van der Waals surface area (Å²) in [6.07, 6.45) is -0.438. The lowest BCUT2D eigenvalue weighted by Crippen LogP contribution is -2.51. The van der Waals surface area contributed by atoms with Crippen molar-refractivity contribution in [3.8, 4) is 0 Å². The monoisotopic (exact) mass is 184 g/mol. The van der Waals surface area contributed by atoms with Gasteiger partial charge in [-0.15, -0.1) is 0 Å². The second kappa shape index (κ2) is 3.24. The summed E-state index contributed by atoms with van der Waals surface area (Å²) in [5.41, 5.74) is -0.642. The van der Waals surface area contributed by atoms with Crippen LogP contribution in [0.3, 0.4) is 0 Å². The van der Waals surface area contributed by atoms with Crippen LogP contribution in [0.2, 0.25) is 0 Å². The lowest BCUT2D eigenvalue weighted by atomic mass is 9.86. The minimum absolute atomic E-state index is 0.363. The van der Waals surface area contributed by atoms with Gasteiger partial charge in [0, 0.05) is 19.5 Å². The molecule has 4 nitrogen and oxygen atoms in total. The molecule has 1 N–H and O–H groups in total. The lowest BCUT2D eigenvalue weighted by Gasteiger charge is -2.35. The van der Waals surface area contributed by atoms with Crippen molar-refractivity contribution in [2.75, 3.05) is 20.3 Å². The summed E-state index contributed by atoms with van der Waals surface area (Å²) < 4.78 is 15.8. The molecular formula is C8H13BO4. The number of rotatable bonds is 2. The molecule has 2 aliphatic rings. The Kier molecular flexibility index (Phi) is 2.36. The number of fused-ring (bicyclic) bond motifs is 2. The highest BCUT2D eigenvalue weighted by Crippen LogP contribution is 2.38. The minimum atomic E-state index is -0.670. The Morgan fingerprint density at radius 3 is 3.15 bits per heavy atom. The van der Waals surface area contributed by atoms with Gasteiger partial charge in [0.1, 0.15) is 25.7 Å². The Bertz CT molecular complexity index is 197. The highest BCUT2D eigenvalue weighted by molar-refractivity contribution is 6.11. The normalized spacial score (nSPS) is 49.5. The van der Waals surface area contributed by atoms with Crippen LogP contribution in [0.4, 0.5) is 0 Å². The molecule has 0 amide bonds. The molecule has 0 aromatic heterocycles. The van der Waals surface area contributed by atoms with Crippen LogP contribution in [0.1, 0.15) is 6.42 Å². The molecule has 0 saturated carbocycles. The van der Waals surface area contributed by atoms with Gasteiger partial charge in [0.15, 0.2) is 0 Å². The standard InChI is InChI=1S/C8H13BO4/c1-11-4-8-2-3-12-5(6(8)10)7(9)13-8/h5-7,10H,2-4H2,1H3. The van der Waals surface area contributed by atoms with Crippen molar-refractivity contribution in [1.29, 1.82) is 0 Å². The maximum Gasteiger partial charge on any atom is 0.121 e. The zero-order valence-corrected chi connectivity index (χ0v) is 7.60. The smallest absolute Gasteiger partial charge is 0.121 e. The summed E-state index contributed by atoms with van der Waals surface area (Å²) in [4.78, 5) is 0. The third-order valence-corrected chi connectivity index (χ3v) is 2.77. The largest absolute Gasteiger partial charge is 0.387 e. The van der Waals surface area contributed by atoms with Gasteiger partial charge in [-0.2, -0.15) is 0 Å². The fraction of sp³-hybridized carbons (Fsp3) is 1.00. The Morgan fingerprint density at radius 1 is 1.69 bits per heavy atom. The quantitative estimate of drug-likeness (QED) is 0.562. The Balaban J connectivity index is 2.18. The Labute approximate surface area is 78.6 Å². The molecule has 2 radical (unpaired) electrons. The number of aliphatic hydroxyl groups is 1. The van der Waals surface area contributed by atoms with Gasteiger partial charge in [-0.25, -0.2) is 0 Å². The molecule has 0 spiro atoms. The van der Waals surface area contributed by atoms with Crippen molar-refractivity contribution in [3.05, 3.63) is 0 Å². The van der Waals surface area contributed by atoms with Gasteiger partial charge in [0.05, 0.1) is 13.2 Å². The molecule has 2 aliphatic heterocycles. The zero-order chi connectivity index (χ0) is 9.47. The van der Waals surface area contributed by atoms with E-state index in [1.165, 1.54) is 0 Å². The first-order chi connectivity index (χ1) is 6.19. The van der Waals surface area contributed by atoms with Crippen LogP contribution in [-0.4, -0.2) is 57.1 Å². The summed E-state index contributed by atoms with van der Waals surface area (Å²) in [5, 5.41) is 9.85. The van der Waals surface area contributed by atoms with Crippen molar-refractivity contribution < 1.29 is 19.3 Å². The molecule has 2 heterocycles. The number of hydrogen-bond donors (Lipinski definition) is 1. The van der Waals surface area contributed by atoms with E-state index in [4.69, 9.17) is 22.1 Å². The van der Waals surface area contributed by atoms with Crippen LogP contribution in [0.15, 0.2) is 0 Å². The topological polar surface area (TPSA) is 47.9 Å². The van der Waals surface area contributed by atoms with E-state index >= 15 is 0 Å². The van der Waals surface area contributed by atoms with Gasteiger partial charge in [0.25, 0.3) is 0 Å². The highest BCUT2D eigenvalue weighted by atomic mass is 16.6. The summed E-state index contributed by atoms with van der Waals surface area (Å²) >= 11 is 0. The zero-order valence-electron chi connectivity index (χ0n) is 7.60. The average Bonchev–Trinajstić information content (AvgIpc) is 2.26. The van der Waals surface area contributed by atoms with Crippen LogP contribution in [-0.2, 0) is 14.2 Å². The SMILES string of the molecule is [B]C1OC2(COC)CCOC1C2O. The van der Waals surface area contributed by atoms with E-state index in [0.717, 1.165) is 0 Å². The second-order valence-corrected chi connectivity index (χ2v) is 3.61. The van der Waals surface area contributed by atoms with Crippen LogP contribution < -0.4 is 0 Å². The molecule has 0 aromatic rings. The van der Waals surface area contributed by atoms with Crippen LogP contribution in [0.25, 0.3) is 0 Å². The van der Waals surface area contributed by atoms with Gasteiger partial charge in [-0.1, -0.05) is 0 Å². The third kappa shape index (κ3) is 1.31. The van der Waals surface area contributed by atoms with Crippen LogP contribution >= 0.6 is 0 Å². The van der Waals surface area contributed by atoms with E-state index in [-0.39, 0.29) is 0 Å². The number of ether oxygens (including phenoxy) is 3. The van der Waals surface area contributed by atoms with Gasteiger partial charge in [0.2, 0.25) is 0 Å². The highest BCUT2D eigenvalue weighted by Gasteiger charge is 2.55. The first-order valence-electron chi connectivity index (χ1n) is 4.42. The summed E-state index contributed by atoms with van der Waals surface area (Å²) in [6.45, 7) is 0.931. The fourth-order valence-electron chi connectivity index (χ4n) is 2.08. The predicted octanol–water partition coefficient (Wildman–Crippen LogP) is -0.954.